The van der Waals surface area contributed by atoms with E-state index in [0.717, 1.165) is 12.1 Å². The quantitative estimate of drug-likeness (QED) is 0.602. The van der Waals surface area contributed by atoms with Gasteiger partial charge >= 0.3 is 6.18 Å². The lowest BCUT2D eigenvalue weighted by Crippen LogP contribution is -2.05. The third-order valence-electron chi connectivity index (χ3n) is 2.47. The SMILES string of the molecule is Nc1ccc(-c2cc(F)cc(C(F)(F)F)c2)cc1. The molecule has 0 unspecified atom stereocenters. The topological polar surface area (TPSA) is 26.0 Å². The molecule has 0 aromatic heterocycles. The maximum absolute atomic E-state index is 13.2. The van der Waals surface area contributed by atoms with E-state index < -0.39 is 17.6 Å². The van der Waals surface area contributed by atoms with E-state index in [-0.39, 0.29) is 5.56 Å². The van der Waals surface area contributed by atoms with Crippen LogP contribution in [0.4, 0.5) is 23.2 Å². The highest BCUT2D eigenvalue weighted by atomic mass is 19.4. The van der Waals surface area contributed by atoms with E-state index in [9.17, 15) is 17.6 Å². The number of hydrogen-bond acceptors (Lipinski definition) is 1. The second kappa shape index (κ2) is 4.33. The Bertz CT molecular complexity index is 558. The smallest absolute Gasteiger partial charge is 0.399 e. The van der Waals surface area contributed by atoms with Crippen molar-refractivity contribution in [2.45, 2.75) is 6.18 Å². The molecule has 2 aromatic rings. The first-order valence-electron chi connectivity index (χ1n) is 5.10. The van der Waals surface area contributed by atoms with Gasteiger partial charge in [0.25, 0.3) is 0 Å². The second-order valence-corrected chi connectivity index (χ2v) is 3.85. The third-order valence-corrected chi connectivity index (χ3v) is 2.47. The predicted molar refractivity (Wildman–Crippen MR) is 61.3 cm³/mol. The van der Waals surface area contributed by atoms with E-state index in [2.05, 4.69) is 0 Å². The van der Waals surface area contributed by atoms with E-state index in [0.29, 0.717) is 17.3 Å². The van der Waals surface area contributed by atoms with E-state index in [4.69, 9.17) is 5.73 Å². The maximum Gasteiger partial charge on any atom is 0.416 e. The molecule has 0 fully saturated rings. The Kier molecular flexibility index (Phi) is 2.98. The number of rotatable bonds is 1. The van der Waals surface area contributed by atoms with Crippen LogP contribution in [0.1, 0.15) is 5.56 Å². The van der Waals surface area contributed by atoms with Crippen molar-refractivity contribution in [2.75, 3.05) is 5.73 Å². The van der Waals surface area contributed by atoms with Crippen LogP contribution in [0.2, 0.25) is 0 Å². The van der Waals surface area contributed by atoms with Gasteiger partial charge in [-0.25, -0.2) is 4.39 Å². The molecule has 2 N–H and O–H groups in total. The summed E-state index contributed by atoms with van der Waals surface area (Å²) in [5.74, 6) is -0.920. The molecule has 0 heterocycles. The van der Waals surface area contributed by atoms with Gasteiger partial charge in [-0.05, 0) is 41.5 Å². The lowest BCUT2D eigenvalue weighted by Gasteiger charge is -2.09. The summed E-state index contributed by atoms with van der Waals surface area (Å²) in [5.41, 5.74) is 5.62. The molecule has 0 atom stereocenters. The monoisotopic (exact) mass is 255 g/mol. The van der Waals surface area contributed by atoms with Gasteiger partial charge in [0.05, 0.1) is 5.56 Å². The van der Waals surface area contributed by atoms with Crippen LogP contribution >= 0.6 is 0 Å². The summed E-state index contributed by atoms with van der Waals surface area (Å²) in [4.78, 5) is 0. The summed E-state index contributed by atoms with van der Waals surface area (Å²) in [6.07, 6.45) is -4.56. The molecular weight excluding hydrogens is 246 g/mol. The second-order valence-electron chi connectivity index (χ2n) is 3.85. The van der Waals surface area contributed by atoms with Crippen LogP contribution in [0.5, 0.6) is 0 Å². The van der Waals surface area contributed by atoms with Crippen LogP contribution in [0, 0.1) is 5.82 Å². The minimum Gasteiger partial charge on any atom is -0.399 e. The molecule has 18 heavy (non-hydrogen) atoms. The predicted octanol–water partition coefficient (Wildman–Crippen LogP) is 4.09. The van der Waals surface area contributed by atoms with Crippen molar-refractivity contribution in [3.63, 3.8) is 0 Å². The minimum atomic E-state index is -4.56. The number of alkyl halides is 3. The molecule has 2 aromatic carbocycles. The van der Waals surface area contributed by atoms with Crippen molar-refractivity contribution in [1.29, 1.82) is 0 Å². The Morgan fingerprint density at radius 2 is 1.44 bits per heavy atom. The number of nitrogens with two attached hydrogens (primary N) is 1. The molecule has 0 saturated heterocycles. The number of hydrogen-bond donors (Lipinski definition) is 1. The summed E-state index contributed by atoms with van der Waals surface area (Å²) >= 11 is 0. The lowest BCUT2D eigenvalue weighted by molar-refractivity contribution is -0.137. The van der Waals surface area contributed by atoms with Gasteiger partial charge < -0.3 is 5.73 Å². The van der Waals surface area contributed by atoms with E-state index in [1.807, 2.05) is 0 Å². The Balaban J connectivity index is 2.52. The molecule has 5 heteroatoms. The molecule has 0 aliphatic rings. The molecule has 0 aliphatic heterocycles. The third kappa shape index (κ3) is 2.61. The maximum atomic E-state index is 13.2. The van der Waals surface area contributed by atoms with Gasteiger partial charge in [0.1, 0.15) is 5.82 Å². The van der Waals surface area contributed by atoms with Crippen LogP contribution in [-0.4, -0.2) is 0 Å². The number of anilines is 1. The van der Waals surface area contributed by atoms with Gasteiger partial charge in [-0.3, -0.25) is 0 Å². The van der Waals surface area contributed by atoms with Crippen LogP contribution < -0.4 is 5.73 Å². The molecular formula is C13H9F4N. The summed E-state index contributed by atoms with van der Waals surface area (Å²) in [7, 11) is 0. The molecule has 2 rings (SSSR count). The molecule has 0 spiro atoms. The largest absolute Gasteiger partial charge is 0.416 e. The fourth-order valence-electron chi connectivity index (χ4n) is 1.60. The van der Waals surface area contributed by atoms with Crippen molar-refractivity contribution in [2.24, 2.45) is 0 Å². The van der Waals surface area contributed by atoms with E-state index in [1.54, 1.807) is 24.3 Å². The Morgan fingerprint density at radius 1 is 0.833 bits per heavy atom. The van der Waals surface area contributed by atoms with Crippen LogP contribution in [0.3, 0.4) is 0 Å². The zero-order valence-corrected chi connectivity index (χ0v) is 9.13. The van der Waals surface area contributed by atoms with Crippen molar-refractivity contribution in [1.82, 2.24) is 0 Å². The average Bonchev–Trinajstić information content (AvgIpc) is 2.28. The van der Waals surface area contributed by atoms with Gasteiger partial charge in [-0.1, -0.05) is 12.1 Å². The lowest BCUT2D eigenvalue weighted by atomic mass is 10.0. The van der Waals surface area contributed by atoms with Crippen molar-refractivity contribution < 1.29 is 17.6 Å². The van der Waals surface area contributed by atoms with Crippen molar-refractivity contribution in [3.05, 3.63) is 53.8 Å². The summed E-state index contributed by atoms with van der Waals surface area (Å²) in [6.45, 7) is 0. The van der Waals surface area contributed by atoms with Gasteiger partial charge in [0.15, 0.2) is 0 Å². The first-order chi connectivity index (χ1) is 8.36. The molecule has 0 aliphatic carbocycles. The first-order valence-corrected chi connectivity index (χ1v) is 5.10. The zero-order chi connectivity index (χ0) is 13.3. The fourth-order valence-corrected chi connectivity index (χ4v) is 1.60. The Morgan fingerprint density at radius 3 is 2.00 bits per heavy atom. The summed E-state index contributed by atoms with van der Waals surface area (Å²) in [6, 6.07) is 8.63. The average molecular weight is 255 g/mol. The molecule has 94 valence electrons. The number of nitrogen functional groups attached to an aromatic ring is 1. The highest BCUT2D eigenvalue weighted by Crippen LogP contribution is 2.33. The van der Waals surface area contributed by atoms with E-state index >= 15 is 0 Å². The van der Waals surface area contributed by atoms with Gasteiger partial charge in [0, 0.05) is 5.69 Å². The van der Waals surface area contributed by atoms with Crippen LogP contribution in [0.15, 0.2) is 42.5 Å². The standard InChI is InChI=1S/C13H9F4N/c14-11-6-9(5-10(7-11)13(15,16)17)8-1-3-12(18)4-2-8/h1-7H,18H2. The fraction of sp³-hybridized carbons (Fsp3) is 0.0769. The van der Waals surface area contributed by atoms with Gasteiger partial charge in [-0.15, -0.1) is 0 Å². The molecule has 0 saturated carbocycles. The number of halogens is 4. The normalized spacial score (nSPS) is 11.6. The number of benzene rings is 2. The molecule has 0 amide bonds. The van der Waals surface area contributed by atoms with Crippen molar-refractivity contribution >= 4 is 5.69 Å². The first kappa shape index (κ1) is 12.4. The summed E-state index contributed by atoms with van der Waals surface area (Å²) < 4.78 is 50.8. The molecule has 0 radical (unpaired) electrons. The van der Waals surface area contributed by atoms with E-state index in [1.165, 1.54) is 0 Å². The molecule has 1 nitrogen and oxygen atoms in total. The van der Waals surface area contributed by atoms with Crippen molar-refractivity contribution in [3.8, 4) is 11.1 Å². The highest BCUT2D eigenvalue weighted by molar-refractivity contribution is 5.66. The minimum absolute atomic E-state index is 0.169. The Labute approximate surface area is 101 Å². The Hall–Kier alpha value is -2.04. The highest BCUT2D eigenvalue weighted by Gasteiger charge is 2.31. The van der Waals surface area contributed by atoms with Crippen LogP contribution in [0.25, 0.3) is 11.1 Å². The zero-order valence-electron chi connectivity index (χ0n) is 9.13. The van der Waals surface area contributed by atoms with Crippen LogP contribution in [-0.2, 0) is 6.18 Å². The van der Waals surface area contributed by atoms with Gasteiger partial charge in [-0.2, -0.15) is 13.2 Å². The summed E-state index contributed by atoms with van der Waals surface area (Å²) in [5, 5.41) is 0. The van der Waals surface area contributed by atoms with Gasteiger partial charge in [0.2, 0.25) is 0 Å². The molecule has 0 bridgehead atoms.